The number of aliphatic imine (C=N–C) groups is 1. The summed E-state index contributed by atoms with van der Waals surface area (Å²) >= 11 is 0. The van der Waals surface area contributed by atoms with Crippen LogP contribution in [0.3, 0.4) is 0 Å². The number of hydrogen-bond donors (Lipinski definition) is 5. The Morgan fingerprint density at radius 3 is 2.23 bits per heavy atom. The molecule has 7 nitrogen and oxygen atoms in total. The molecule has 1 unspecified atom stereocenters. The lowest BCUT2D eigenvalue weighted by Gasteiger charge is -2.33. The van der Waals surface area contributed by atoms with Gasteiger partial charge in [0.05, 0.1) is 18.1 Å². The van der Waals surface area contributed by atoms with E-state index in [9.17, 15) is 15.0 Å². The molecular weight excluding hydrogens is 284 g/mol. The Labute approximate surface area is 132 Å². The van der Waals surface area contributed by atoms with Gasteiger partial charge in [-0.1, -0.05) is 26.7 Å². The van der Waals surface area contributed by atoms with E-state index in [4.69, 9.17) is 17.2 Å². The summed E-state index contributed by atoms with van der Waals surface area (Å²) in [6.45, 7) is 4.18. The number of nitrogens with zero attached hydrogens (tertiary/aromatic N) is 1. The van der Waals surface area contributed by atoms with Gasteiger partial charge < -0.3 is 27.4 Å². The van der Waals surface area contributed by atoms with Gasteiger partial charge in [0.15, 0.2) is 5.96 Å². The van der Waals surface area contributed by atoms with Crippen molar-refractivity contribution >= 4 is 11.9 Å². The SMILES string of the molecule is CCCC(CCC)C(N)[C@@H]1[C@H](O)[C@@H](C(=O)O)C[C@H]1N=C(N)N. The van der Waals surface area contributed by atoms with E-state index >= 15 is 0 Å². The molecule has 7 heteroatoms. The normalized spacial score (nSPS) is 29.5. The lowest BCUT2D eigenvalue weighted by atomic mass is 9.79. The average molecular weight is 314 g/mol. The van der Waals surface area contributed by atoms with Crippen molar-refractivity contribution < 1.29 is 15.0 Å². The number of nitrogens with two attached hydrogens (primary N) is 3. The van der Waals surface area contributed by atoms with E-state index in [0.29, 0.717) is 0 Å². The summed E-state index contributed by atoms with van der Waals surface area (Å²) in [5, 5.41) is 19.7. The Hall–Kier alpha value is -1.34. The summed E-state index contributed by atoms with van der Waals surface area (Å²) in [6.07, 6.45) is 3.09. The Balaban J connectivity index is 3.02. The van der Waals surface area contributed by atoms with Crippen molar-refractivity contribution in [2.75, 3.05) is 0 Å². The van der Waals surface area contributed by atoms with Gasteiger partial charge in [0.1, 0.15) is 0 Å². The van der Waals surface area contributed by atoms with E-state index in [1.807, 2.05) is 0 Å². The summed E-state index contributed by atoms with van der Waals surface area (Å²) in [7, 11) is 0. The molecule has 0 heterocycles. The van der Waals surface area contributed by atoms with Crippen LogP contribution in [-0.2, 0) is 4.79 Å². The molecule has 1 aliphatic carbocycles. The van der Waals surface area contributed by atoms with Crippen molar-refractivity contribution in [2.45, 2.75) is 64.1 Å². The predicted octanol–water partition coefficient (Wildman–Crippen LogP) is 0.254. The van der Waals surface area contributed by atoms with Crippen LogP contribution in [0.25, 0.3) is 0 Å². The highest BCUT2D eigenvalue weighted by molar-refractivity contribution is 5.76. The minimum atomic E-state index is -1.03. The molecule has 0 saturated heterocycles. The minimum absolute atomic E-state index is 0.0945. The molecule has 128 valence electrons. The van der Waals surface area contributed by atoms with Gasteiger partial charge in [-0.3, -0.25) is 4.79 Å². The third kappa shape index (κ3) is 4.33. The van der Waals surface area contributed by atoms with Crippen LogP contribution in [-0.4, -0.2) is 40.3 Å². The number of carbonyl (C=O) groups is 1. The lowest BCUT2D eigenvalue weighted by Crippen LogP contribution is -2.46. The van der Waals surface area contributed by atoms with E-state index < -0.39 is 30.0 Å². The van der Waals surface area contributed by atoms with E-state index in [2.05, 4.69) is 18.8 Å². The monoisotopic (exact) mass is 314 g/mol. The van der Waals surface area contributed by atoms with Crippen LogP contribution in [0.1, 0.15) is 46.0 Å². The van der Waals surface area contributed by atoms with Crippen LogP contribution in [0.4, 0.5) is 0 Å². The number of carboxylic acid groups (broad SMARTS) is 1. The fraction of sp³-hybridized carbons (Fsp3) is 0.867. The zero-order valence-corrected chi connectivity index (χ0v) is 13.5. The second-order valence-corrected chi connectivity index (χ2v) is 6.28. The second-order valence-electron chi connectivity index (χ2n) is 6.28. The van der Waals surface area contributed by atoms with Crippen molar-refractivity contribution in [3.63, 3.8) is 0 Å². The Bertz CT molecular complexity index is 392. The maximum atomic E-state index is 11.3. The van der Waals surface area contributed by atoms with E-state index in [-0.39, 0.29) is 24.3 Å². The van der Waals surface area contributed by atoms with Crippen molar-refractivity contribution in [3.05, 3.63) is 0 Å². The maximum Gasteiger partial charge on any atom is 0.309 e. The number of hydrogen-bond acceptors (Lipinski definition) is 4. The van der Waals surface area contributed by atoms with Crippen molar-refractivity contribution in [1.29, 1.82) is 0 Å². The van der Waals surface area contributed by atoms with Gasteiger partial charge >= 0.3 is 5.97 Å². The standard InChI is InChI=1S/C15H30N4O3/c1-3-5-8(6-4-2)12(16)11-10(19-15(17)18)7-9(13(11)20)14(21)22/h8-13,20H,3-7,16H2,1-2H3,(H,21,22)(H4,17,18,19)/t9-,10+,11+,12?,13+/m0/s1. The molecule has 0 spiro atoms. The molecule has 0 aromatic carbocycles. The largest absolute Gasteiger partial charge is 0.481 e. The number of guanidine groups is 1. The molecule has 0 aromatic rings. The average Bonchev–Trinajstić information content (AvgIpc) is 2.74. The molecule has 1 saturated carbocycles. The van der Waals surface area contributed by atoms with Crippen LogP contribution in [0.5, 0.6) is 0 Å². The number of carboxylic acids is 1. The highest BCUT2D eigenvalue weighted by Gasteiger charge is 2.49. The fourth-order valence-electron chi connectivity index (χ4n) is 3.70. The van der Waals surface area contributed by atoms with Gasteiger partial charge in [0.25, 0.3) is 0 Å². The van der Waals surface area contributed by atoms with Crippen molar-refractivity contribution in [2.24, 2.45) is 39.9 Å². The molecule has 0 bridgehead atoms. The van der Waals surface area contributed by atoms with Gasteiger partial charge in [0.2, 0.25) is 0 Å². The van der Waals surface area contributed by atoms with Crippen LogP contribution in [0.15, 0.2) is 4.99 Å². The lowest BCUT2D eigenvalue weighted by molar-refractivity contribution is -0.145. The molecule has 8 N–H and O–H groups in total. The van der Waals surface area contributed by atoms with Crippen molar-refractivity contribution in [3.8, 4) is 0 Å². The third-order valence-corrected chi connectivity index (χ3v) is 4.69. The Kier molecular flexibility index (Phi) is 7.09. The molecule has 1 rings (SSSR count). The summed E-state index contributed by atoms with van der Waals surface area (Å²) < 4.78 is 0. The van der Waals surface area contributed by atoms with E-state index in [1.54, 1.807) is 0 Å². The number of aliphatic hydroxyl groups excluding tert-OH is 1. The van der Waals surface area contributed by atoms with Crippen LogP contribution in [0.2, 0.25) is 0 Å². The van der Waals surface area contributed by atoms with Gasteiger partial charge in [-0.25, -0.2) is 4.99 Å². The number of rotatable bonds is 8. The van der Waals surface area contributed by atoms with E-state index in [1.165, 1.54) is 0 Å². The molecule has 0 radical (unpaired) electrons. The fourth-order valence-corrected chi connectivity index (χ4v) is 3.70. The Morgan fingerprint density at radius 2 is 1.82 bits per heavy atom. The topological polar surface area (TPSA) is 148 Å². The highest BCUT2D eigenvalue weighted by Crippen LogP contribution is 2.39. The predicted molar refractivity (Wildman–Crippen MR) is 86.1 cm³/mol. The van der Waals surface area contributed by atoms with Gasteiger partial charge in [-0.15, -0.1) is 0 Å². The third-order valence-electron chi connectivity index (χ3n) is 4.69. The Morgan fingerprint density at radius 1 is 1.27 bits per heavy atom. The first-order valence-electron chi connectivity index (χ1n) is 8.08. The summed E-state index contributed by atoms with van der Waals surface area (Å²) in [5.41, 5.74) is 17.3. The second kappa shape index (κ2) is 8.33. The van der Waals surface area contributed by atoms with Gasteiger partial charge in [0, 0.05) is 12.0 Å². The highest BCUT2D eigenvalue weighted by atomic mass is 16.4. The number of aliphatic hydroxyl groups is 1. The van der Waals surface area contributed by atoms with Gasteiger partial charge in [-0.2, -0.15) is 0 Å². The molecule has 0 amide bonds. The zero-order valence-electron chi connectivity index (χ0n) is 13.5. The number of aliphatic carboxylic acids is 1. The molecular formula is C15H30N4O3. The van der Waals surface area contributed by atoms with Crippen LogP contribution >= 0.6 is 0 Å². The first-order valence-corrected chi connectivity index (χ1v) is 8.08. The summed E-state index contributed by atoms with van der Waals surface area (Å²) in [4.78, 5) is 15.5. The van der Waals surface area contributed by atoms with E-state index in [0.717, 1.165) is 25.7 Å². The van der Waals surface area contributed by atoms with Crippen LogP contribution < -0.4 is 17.2 Å². The quantitative estimate of drug-likeness (QED) is 0.320. The zero-order chi connectivity index (χ0) is 16.9. The minimum Gasteiger partial charge on any atom is -0.481 e. The maximum absolute atomic E-state index is 11.3. The van der Waals surface area contributed by atoms with Crippen molar-refractivity contribution in [1.82, 2.24) is 0 Å². The molecule has 1 fully saturated rings. The first kappa shape index (κ1) is 18.7. The molecule has 0 aliphatic heterocycles. The van der Waals surface area contributed by atoms with Gasteiger partial charge in [-0.05, 0) is 25.2 Å². The summed E-state index contributed by atoms with van der Waals surface area (Å²) in [5.74, 6) is -2.18. The smallest absolute Gasteiger partial charge is 0.309 e. The first-order chi connectivity index (χ1) is 10.3. The molecule has 0 aromatic heterocycles. The molecule has 5 atom stereocenters. The van der Waals surface area contributed by atoms with Crippen LogP contribution in [0, 0.1) is 17.8 Å². The molecule has 22 heavy (non-hydrogen) atoms. The summed E-state index contributed by atoms with van der Waals surface area (Å²) in [6, 6.07) is -0.750. The molecule has 1 aliphatic rings.